The van der Waals surface area contributed by atoms with Crippen molar-refractivity contribution in [3.05, 3.63) is 17.0 Å². The van der Waals surface area contributed by atoms with Crippen LogP contribution in [0.25, 0.3) is 0 Å². The molecule has 0 N–H and O–H groups in total. The van der Waals surface area contributed by atoms with E-state index in [1.165, 1.54) is 0 Å². The molecule has 2 fully saturated rings. The monoisotopic (exact) mass is 362 g/mol. The van der Waals surface area contributed by atoms with Crippen molar-refractivity contribution in [1.29, 1.82) is 0 Å². The van der Waals surface area contributed by atoms with Crippen molar-refractivity contribution in [2.24, 2.45) is 5.92 Å². The first-order valence-electron chi connectivity index (χ1n) is 7.97. The number of carbonyl (C=O) groups is 1. The molecule has 0 aliphatic carbocycles. The molecule has 132 valence electrons. The zero-order valence-corrected chi connectivity index (χ0v) is 13.8. The topological polar surface area (TPSA) is 49.3 Å². The van der Waals surface area contributed by atoms with Gasteiger partial charge in [-0.15, -0.1) is 0 Å². The molecule has 3 rings (SSSR count). The van der Waals surface area contributed by atoms with Gasteiger partial charge in [0.2, 0.25) is 11.7 Å². The highest BCUT2D eigenvalue weighted by Crippen LogP contribution is 2.32. The van der Waals surface area contributed by atoms with Crippen molar-refractivity contribution in [2.45, 2.75) is 31.9 Å². The molecule has 0 unspecified atom stereocenters. The molecule has 5 nitrogen and oxygen atoms in total. The fourth-order valence-electron chi connectivity index (χ4n) is 3.25. The first kappa shape index (κ1) is 17.3. The van der Waals surface area contributed by atoms with Crippen LogP contribution in [0.2, 0.25) is 5.02 Å². The molecule has 0 bridgehead atoms. The van der Waals surface area contributed by atoms with Crippen molar-refractivity contribution >= 4 is 23.3 Å². The molecule has 2 saturated heterocycles. The first-order valence-corrected chi connectivity index (χ1v) is 8.35. The Morgan fingerprint density at radius 2 is 1.96 bits per heavy atom. The maximum atomic E-state index is 12.8. The lowest BCUT2D eigenvalue weighted by atomic mass is 9.96. The van der Waals surface area contributed by atoms with E-state index in [9.17, 15) is 18.0 Å². The van der Waals surface area contributed by atoms with E-state index < -0.39 is 12.0 Å². The largest absolute Gasteiger partial charge is 0.451 e. The van der Waals surface area contributed by atoms with Gasteiger partial charge in [-0.3, -0.25) is 4.79 Å². The summed E-state index contributed by atoms with van der Waals surface area (Å²) in [6.45, 7) is 2.69. The minimum Gasteiger partial charge on any atom is -0.355 e. The van der Waals surface area contributed by atoms with Gasteiger partial charge in [-0.05, 0) is 25.2 Å². The van der Waals surface area contributed by atoms with Crippen LogP contribution in [0, 0.1) is 5.92 Å². The standard InChI is InChI=1S/C15H18ClF3N4O/c16-11-8-20-14(15(17,18)19)21-13(11)22-6-3-10(4-7-22)9-23-5-1-2-12(23)24/h8,10H,1-7,9H2. The van der Waals surface area contributed by atoms with Crippen LogP contribution in [0.1, 0.15) is 31.5 Å². The number of anilines is 1. The van der Waals surface area contributed by atoms with Gasteiger partial charge in [0.25, 0.3) is 0 Å². The number of aromatic nitrogens is 2. The lowest BCUT2D eigenvalue weighted by Crippen LogP contribution is -2.39. The van der Waals surface area contributed by atoms with Gasteiger partial charge in [0.1, 0.15) is 5.02 Å². The third-order valence-electron chi connectivity index (χ3n) is 4.54. The predicted molar refractivity (Wildman–Crippen MR) is 82.8 cm³/mol. The van der Waals surface area contributed by atoms with Crippen LogP contribution >= 0.6 is 11.6 Å². The van der Waals surface area contributed by atoms with Gasteiger partial charge >= 0.3 is 6.18 Å². The Kier molecular flexibility index (Phi) is 4.85. The molecule has 9 heteroatoms. The summed E-state index contributed by atoms with van der Waals surface area (Å²) in [6.07, 6.45) is -0.462. The number of carbonyl (C=O) groups excluding carboxylic acids is 1. The van der Waals surface area contributed by atoms with E-state index in [1.807, 2.05) is 4.90 Å². The normalized spacial score (nSPS) is 20.1. The number of rotatable bonds is 3. The molecular weight excluding hydrogens is 345 g/mol. The zero-order valence-electron chi connectivity index (χ0n) is 13.0. The third kappa shape index (κ3) is 3.74. The average Bonchev–Trinajstić information content (AvgIpc) is 2.93. The minimum atomic E-state index is -4.59. The van der Waals surface area contributed by atoms with Crippen molar-refractivity contribution < 1.29 is 18.0 Å². The van der Waals surface area contributed by atoms with E-state index >= 15 is 0 Å². The number of hydrogen-bond acceptors (Lipinski definition) is 4. The summed E-state index contributed by atoms with van der Waals surface area (Å²) in [4.78, 5) is 22.2. The number of amides is 1. The van der Waals surface area contributed by atoms with Crippen molar-refractivity contribution in [1.82, 2.24) is 14.9 Å². The van der Waals surface area contributed by atoms with Crippen LogP contribution in [-0.2, 0) is 11.0 Å². The SMILES string of the molecule is O=C1CCCN1CC1CCN(c2nc(C(F)(F)F)ncc2Cl)CC1. The van der Waals surface area contributed by atoms with Crippen LogP contribution in [-0.4, -0.2) is 47.0 Å². The van der Waals surface area contributed by atoms with E-state index in [4.69, 9.17) is 11.6 Å². The minimum absolute atomic E-state index is 0.121. The second-order valence-corrected chi connectivity index (χ2v) is 6.64. The van der Waals surface area contributed by atoms with Crippen molar-refractivity contribution in [2.75, 3.05) is 31.1 Å². The maximum Gasteiger partial charge on any atom is 0.451 e. The third-order valence-corrected chi connectivity index (χ3v) is 4.81. The predicted octanol–water partition coefficient (Wildman–Crippen LogP) is 2.99. The Labute approximate surface area is 142 Å². The fourth-order valence-corrected chi connectivity index (χ4v) is 3.46. The Morgan fingerprint density at radius 1 is 1.25 bits per heavy atom. The molecule has 0 aromatic carbocycles. The van der Waals surface area contributed by atoms with E-state index in [-0.39, 0.29) is 16.7 Å². The molecule has 0 saturated carbocycles. The van der Waals surface area contributed by atoms with Crippen molar-refractivity contribution in [3.8, 4) is 0 Å². The van der Waals surface area contributed by atoms with E-state index in [2.05, 4.69) is 9.97 Å². The molecule has 24 heavy (non-hydrogen) atoms. The highest BCUT2D eigenvalue weighted by atomic mass is 35.5. The summed E-state index contributed by atoms with van der Waals surface area (Å²) in [5.41, 5.74) is 0. The summed E-state index contributed by atoms with van der Waals surface area (Å²) in [5.74, 6) is -0.474. The van der Waals surface area contributed by atoms with Crippen LogP contribution in [0.15, 0.2) is 6.20 Å². The fraction of sp³-hybridized carbons (Fsp3) is 0.667. The molecule has 2 aliphatic heterocycles. The molecule has 0 radical (unpaired) electrons. The zero-order chi connectivity index (χ0) is 17.3. The van der Waals surface area contributed by atoms with Gasteiger partial charge in [-0.25, -0.2) is 9.97 Å². The summed E-state index contributed by atoms with van der Waals surface area (Å²) in [5, 5.41) is 0.121. The Balaban J connectivity index is 1.63. The number of piperidine rings is 1. The van der Waals surface area contributed by atoms with Gasteiger partial charge in [-0.1, -0.05) is 11.6 Å². The van der Waals surface area contributed by atoms with Gasteiger partial charge in [0.15, 0.2) is 5.82 Å². The summed E-state index contributed by atoms with van der Waals surface area (Å²) >= 11 is 5.99. The quantitative estimate of drug-likeness (QED) is 0.829. The van der Waals surface area contributed by atoms with E-state index in [0.717, 1.165) is 38.5 Å². The van der Waals surface area contributed by atoms with Gasteiger partial charge in [-0.2, -0.15) is 13.2 Å². The molecule has 1 amide bonds. The Bertz CT molecular complexity index is 617. The van der Waals surface area contributed by atoms with Gasteiger partial charge in [0.05, 0.1) is 6.20 Å². The molecule has 1 aromatic rings. The van der Waals surface area contributed by atoms with Crippen LogP contribution in [0.5, 0.6) is 0 Å². The number of alkyl halides is 3. The van der Waals surface area contributed by atoms with Crippen molar-refractivity contribution in [3.63, 3.8) is 0 Å². The molecule has 2 aliphatic rings. The molecular formula is C15H18ClF3N4O. The van der Waals surface area contributed by atoms with Crippen LogP contribution in [0.4, 0.5) is 19.0 Å². The lowest BCUT2D eigenvalue weighted by Gasteiger charge is -2.35. The van der Waals surface area contributed by atoms with Gasteiger partial charge in [0, 0.05) is 32.6 Å². The molecule has 1 aromatic heterocycles. The van der Waals surface area contributed by atoms with E-state index in [0.29, 0.717) is 25.4 Å². The van der Waals surface area contributed by atoms with Crippen LogP contribution in [0.3, 0.4) is 0 Å². The molecule has 0 atom stereocenters. The maximum absolute atomic E-state index is 12.8. The Hall–Kier alpha value is -1.57. The Morgan fingerprint density at radius 3 is 2.54 bits per heavy atom. The van der Waals surface area contributed by atoms with Crippen LogP contribution < -0.4 is 4.90 Å². The summed E-state index contributed by atoms with van der Waals surface area (Å²) in [7, 11) is 0. The summed E-state index contributed by atoms with van der Waals surface area (Å²) < 4.78 is 38.3. The second-order valence-electron chi connectivity index (χ2n) is 6.24. The average molecular weight is 363 g/mol. The number of hydrogen-bond donors (Lipinski definition) is 0. The summed E-state index contributed by atoms with van der Waals surface area (Å²) in [6, 6.07) is 0. The number of halogens is 4. The first-order chi connectivity index (χ1) is 11.3. The lowest BCUT2D eigenvalue weighted by molar-refractivity contribution is -0.144. The van der Waals surface area contributed by atoms with Gasteiger partial charge < -0.3 is 9.80 Å². The highest BCUT2D eigenvalue weighted by molar-refractivity contribution is 6.32. The van der Waals surface area contributed by atoms with E-state index in [1.54, 1.807) is 4.90 Å². The number of likely N-dealkylation sites (tertiary alicyclic amines) is 1. The molecule has 3 heterocycles. The smallest absolute Gasteiger partial charge is 0.355 e. The molecule has 0 spiro atoms. The highest BCUT2D eigenvalue weighted by Gasteiger charge is 2.36. The second kappa shape index (κ2) is 6.74. The number of nitrogens with zero attached hydrogens (tertiary/aromatic N) is 4.